The summed E-state index contributed by atoms with van der Waals surface area (Å²) in [4.78, 5) is 0. The number of halogens is 5. The largest absolute Gasteiger partial charge is 0.416 e. The lowest BCUT2D eigenvalue weighted by Gasteiger charge is -2.18. The standard InChI is InChI=1S/C15H12ClF4N/c1-8-7-9(15(18,19)20)5-6-10(8)14(21)11-3-2-4-12(17)13(11)16/h2-7,14H,21H2,1H3. The Labute approximate surface area is 124 Å². The van der Waals surface area contributed by atoms with E-state index in [2.05, 4.69) is 0 Å². The van der Waals surface area contributed by atoms with Crippen molar-refractivity contribution in [1.29, 1.82) is 0 Å². The molecule has 0 heterocycles. The summed E-state index contributed by atoms with van der Waals surface area (Å²) >= 11 is 5.86. The summed E-state index contributed by atoms with van der Waals surface area (Å²) in [6.07, 6.45) is -4.41. The molecule has 0 spiro atoms. The van der Waals surface area contributed by atoms with E-state index in [-0.39, 0.29) is 5.02 Å². The van der Waals surface area contributed by atoms with Crippen LogP contribution in [0.4, 0.5) is 17.6 Å². The van der Waals surface area contributed by atoms with Gasteiger partial charge >= 0.3 is 6.18 Å². The Hall–Kier alpha value is -1.59. The van der Waals surface area contributed by atoms with E-state index >= 15 is 0 Å². The smallest absolute Gasteiger partial charge is 0.320 e. The maximum absolute atomic E-state index is 13.4. The van der Waals surface area contributed by atoms with E-state index in [0.717, 1.165) is 12.1 Å². The number of benzene rings is 2. The summed E-state index contributed by atoms with van der Waals surface area (Å²) in [7, 11) is 0. The average molecular weight is 318 g/mol. The fourth-order valence-corrected chi connectivity index (χ4v) is 2.37. The summed E-state index contributed by atoms with van der Waals surface area (Å²) in [5, 5.41) is -0.121. The third-order valence-corrected chi connectivity index (χ3v) is 3.65. The Kier molecular flexibility index (Phi) is 4.25. The molecule has 0 aliphatic carbocycles. The number of hydrogen-bond acceptors (Lipinski definition) is 1. The molecule has 0 aliphatic rings. The van der Waals surface area contributed by atoms with E-state index in [1.165, 1.54) is 25.1 Å². The molecule has 0 radical (unpaired) electrons. The van der Waals surface area contributed by atoms with Crippen molar-refractivity contribution in [2.75, 3.05) is 0 Å². The maximum atomic E-state index is 13.4. The molecule has 0 fully saturated rings. The van der Waals surface area contributed by atoms with E-state index in [4.69, 9.17) is 17.3 Å². The van der Waals surface area contributed by atoms with Crippen LogP contribution in [0.3, 0.4) is 0 Å². The summed E-state index contributed by atoms with van der Waals surface area (Å²) in [6, 6.07) is 6.67. The van der Waals surface area contributed by atoms with Gasteiger partial charge in [-0.15, -0.1) is 0 Å². The van der Waals surface area contributed by atoms with Crippen molar-refractivity contribution in [2.24, 2.45) is 5.73 Å². The molecule has 2 N–H and O–H groups in total. The summed E-state index contributed by atoms with van der Waals surface area (Å²) in [6.45, 7) is 1.53. The van der Waals surface area contributed by atoms with Crippen molar-refractivity contribution in [1.82, 2.24) is 0 Å². The first-order chi connectivity index (χ1) is 9.71. The topological polar surface area (TPSA) is 26.0 Å². The number of rotatable bonds is 2. The van der Waals surface area contributed by atoms with Crippen molar-refractivity contribution in [3.63, 3.8) is 0 Å². The Bertz CT molecular complexity index is 667. The van der Waals surface area contributed by atoms with Gasteiger partial charge in [0.2, 0.25) is 0 Å². The molecule has 1 nitrogen and oxygen atoms in total. The fourth-order valence-electron chi connectivity index (χ4n) is 2.13. The third-order valence-electron chi connectivity index (χ3n) is 3.25. The second-order valence-corrected chi connectivity index (χ2v) is 5.07. The molecule has 1 unspecified atom stereocenters. The zero-order valence-electron chi connectivity index (χ0n) is 11.0. The maximum Gasteiger partial charge on any atom is 0.416 e. The summed E-state index contributed by atoms with van der Waals surface area (Å²) in [5.41, 5.74) is 6.44. The van der Waals surface area contributed by atoms with Crippen LogP contribution in [0.1, 0.15) is 28.3 Å². The molecule has 2 rings (SSSR count). The number of hydrogen-bond donors (Lipinski definition) is 1. The van der Waals surface area contributed by atoms with Gasteiger partial charge in [-0.25, -0.2) is 4.39 Å². The Morgan fingerprint density at radius 2 is 1.76 bits per heavy atom. The van der Waals surface area contributed by atoms with Gasteiger partial charge in [0.25, 0.3) is 0 Å². The second kappa shape index (κ2) is 5.66. The average Bonchev–Trinajstić information content (AvgIpc) is 2.40. The summed E-state index contributed by atoms with van der Waals surface area (Å²) in [5.74, 6) is -0.616. The van der Waals surface area contributed by atoms with Crippen LogP contribution in [0.2, 0.25) is 5.02 Å². The molecule has 112 valence electrons. The number of alkyl halides is 3. The van der Waals surface area contributed by atoms with Gasteiger partial charge in [-0.1, -0.05) is 29.8 Å². The molecular formula is C15H12ClF4N. The van der Waals surface area contributed by atoms with Crippen LogP contribution in [0.25, 0.3) is 0 Å². The molecule has 0 aliphatic heterocycles. The Morgan fingerprint density at radius 1 is 1.10 bits per heavy atom. The van der Waals surface area contributed by atoms with Gasteiger partial charge < -0.3 is 5.73 Å². The van der Waals surface area contributed by atoms with Crippen LogP contribution in [-0.2, 0) is 6.18 Å². The second-order valence-electron chi connectivity index (χ2n) is 4.69. The molecule has 2 aromatic carbocycles. The third kappa shape index (κ3) is 3.19. The molecular weight excluding hydrogens is 306 g/mol. The normalized spacial score (nSPS) is 13.3. The van der Waals surface area contributed by atoms with E-state index in [1.807, 2.05) is 0 Å². The van der Waals surface area contributed by atoms with Crippen molar-refractivity contribution in [3.8, 4) is 0 Å². The molecule has 0 bridgehead atoms. The van der Waals surface area contributed by atoms with Crippen LogP contribution in [0.15, 0.2) is 36.4 Å². The minimum absolute atomic E-state index is 0.121. The first-order valence-electron chi connectivity index (χ1n) is 6.09. The van der Waals surface area contributed by atoms with Crippen LogP contribution in [0, 0.1) is 12.7 Å². The number of nitrogens with two attached hydrogens (primary N) is 1. The van der Waals surface area contributed by atoms with Crippen molar-refractivity contribution >= 4 is 11.6 Å². The van der Waals surface area contributed by atoms with Gasteiger partial charge in [-0.3, -0.25) is 0 Å². The monoisotopic (exact) mass is 317 g/mol. The van der Waals surface area contributed by atoms with Gasteiger partial charge in [-0.05, 0) is 41.8 Å². The van der Waals surface area contributed by atoms with Crippen molar-refractivity contribution in [3.05, 3.63) is 69.5 Å². The van der Waals surface area contributed by atoms with Crippen molar-refractivity contribution < 1.29 is 17.6 Å². The van der Waals surface area contributed by atoms with Crippen LogP contribution >= 0.6 is 11.6 Å². The van der Waals surface area contributed by atoms with Crippen LogP contribution in [-0.4, -0.2) is 0 Å². The lowest BCUT2D eigenvalue weighted by molar-refractivity contribution is -0.137. The van der Waals surface area contributed by atoms with Crippen LogP contribution in [0.5, 0.6) is 0 Å². The Morgan fingerprint density at radius 3 is 2.33 bits per heavy atom. The van der Waals surface area contributed by atoms with E-state index in [9.17, 15) is 17.6 Å². The van der Waals surface area contributed by atoms with E-state index in [0.29, 0.717) is 16.7 Å². The van der Waals surface area contributed by atoms with Gasteiger partial charge in [0.1, 0.15) is 5.82 Å². The van der Waals surface area contributed by atoms with E-state index in [1.54, 1.807) is 6.07 Å². The van der Waals surface area contributed by atoms with Gasteiger partial charge in [0.15, 0.2) is 0 Å². The van der Waals surface area contributed by atoms with Gasteiger partial charge in [-0.2, -0.15) is 13.2 Å². The zero-order chi connectivity index (χ0) is 15.8. The summed E-state index contributed by atoms with van der Waals surface area (Å²) < 4.78 is 51.4. The highest BCUT2D eigenvalue weighted by molar-refractivity contribution is 6.31. The molecule has 0 saturated heterocycles. The number of aryl methyl sites for hydroxylation is 1. The quantitative estimate of drug-likeness (QED) is 0.787. The fraction of sp³-hybridized carbons (Fsp3) is 0.200. The minimum atomic E-state index is -4.41. The lowest BCUT2D eigenvalue weighted by Crippen LogP contribution is -2.15. The molecule has 0 saturated carbocycles. The van der Waals surface area contributed by atoms with Crippen LogP contribution < -0.4 is 5.73 Å². The zero-order valence-corrected chi connectivity index (χ0v) is 11.8. The predicted molar refractivity (Wildman–Crippen MR) is 73.6 cm³/mol. The first kappa shape index (κ1) is 15.8. The highest BCUT2D eigenvalue weighted by atomic mass is 35.5. The van der Waals surface area contributed by atoms with Gasteiger partial charge in [0, 0.05) is 0 Å². The Balaban J connectivity index is 2.45. The minimum Gasteiger partial charge on any atom is -0.320 e. The first-order valence-corrected chi connectivity index (χ1v) is 6.47. The molecule has 21 heavy (non-hydrogen) atoms. The van der Waals surface area contributed by atoms with Gasteiger partial charge in [0.05, 0.1) is 16.6 Å². The highest BCUT2D eigenvalue weighted by Gasteiger charge is 2.31. The molecule has 0 amide bonds. The molecule has 1 atom stereocenters. The molecule has 0 aromatic heterocycles. The highest BCUT2D eigenvalue weighted by Crippen LogP contribution is 2.34. The SMILES string of the molecule is Cc1cc(C(F)(F)F)ccc1C(N)c1cccc(F)c1Cl. The van der Waals surface area contributed by atoms with Crippen molar-refractivity contribution in [2.45, 2.75) is 19.1 Å². The predicted octanol–water partition coefficient (Wildman–Crippen LogP) is 4.85. The molecule has 6 heteroatoms. The lowest BCUT2D eigenvalue weighted by atomic mass is 9.94. The van der Waals surface area contributed by atoms with E-state index < -0.39 is 23.6 Å². The molecule has 2 aromatic rings.